The number of benzene rings is 2. The fourth-order valence-corrected chi connectivity index (χ4v) is 1.74. The van der Waals surface area contributed by atoms with Crippen LogP contribution in [-0.2, 0) is 9.59 Å². The van der Waals surface area contributed by atoms with E-state index >= 15 is 0 Å². The third-order valence-electron chi connectivity index (χ3n) is 2.78. The second kappa shape index (κ2) is 6.10. The van der Waals surface area contributed by atoms with E-state index in [1.54, 1.807) is 6.92 Å². The topological polar surface area (TPSA) is 43.4 Å². The molecule has 0 radical (unpaired) electrons. The van der Waals surface area contributed by atoms with Crippen molar-refractivity contribution in [2.45, 2.75) is 13.3 Å². The second-order valence-electron chi connectivity index (χ2n) is 4.17. The molecule has 0 amide bonds. The monoisotopic (exact) mass is 272 g/mol. The summed E-state index contributed by atoms with van der Waals surface area (Å²) >= 11 is 0. The molecule has 0 aromatic heterocycles. The number of ketones is 1. The van der Waals surface area contributed by atoms with Gasteiger partial charge in [0.15, 0.2) is 0 Å². The molecular formula is C16H13FO3. The molecular weight excluding hydrogens is 259 g/mol. The van der Waals surface area contributed by atoms with Crippen LogP contribution in [0.2, 0.25) is 0 Å². The molecule has 0 heterocycles. The van der Waals surface area contributed by atoms with Crippen molar-refractivity contribution in [3.63, 3.8) is 0 Å². The van der Waals surface area contributed by atoms with E-state index in [1.165, 1.54) is 12.1 Å². The highest BCUT2D eigenvalue weighted by Crippen LogP contribution is 2.30. The number of halogens is 1. The van der Waals surface area contributed by atoms with Gasteiger partial charge in [-0.1, -0.05) is 37.3 Å². The van der Waals surface area contributed by atoms with Gasteiger partial charge in [-0.3, -0.25) is 4.79 Å². The van der Waals surface area contributed by atoms with Gasteiger partial charge in [-0.2, -0.15) is 0 Å². The Morgan fingerprint density at radius 2 is 1.80 bits per heavy atom. The van der Waals surface area contributed by atoms with Crippen molar-refractivity contribution in [3.05, 3.63) is 54.3 Å². The highest BCUT2D eigenvalue weighted by atomic mass is 19.1. The smallest absolute Gasteiger partial charge is 0.379 e. The molecule has 0 aliphatic rings. The quantitative estimate of drug-likeness (QED) is 0.487. The van der Waals surface area contributed by atoms with E-state index in [0.29, 0.717) is 5.56 Å². The maximum atomic E-state index is 13.3. The van der Waals surface area contributed by atoms with E-state index in [1.807, 2.05) is 30.3 Å². The average molecular weight is 272 g/mol. The fourth-order valence-electron chi connectivity index (χ4n) is 1.74. The summed E-state index contributed by atoms with van der Waals surface area (Å²) in [6.07, 6.45) is 0.0504. The van der Waals surface area contributed by atoms with Gasteiger partial charge in [0.2, 0.25) is 5.78 Å². The summed E-state index contributed by atoms with van der Waals surface area (Å²) in [7, 11) is 0. The Balaban J connectivity index is 2.39. The number of hydrogen-bond donors (Lipinski definition) is 0. The molecule has 0 fully saturated rings. The maximum Gasteiger partial charge on any atom is 0.379 e. The number of ether oxygens (including phenoxy) is 1. The Bertz CT molecular complexity index is 635. The van der Waals surface area contributed by atoms with Crippen molar-refractivity contribution in [2.75, 3.05) is 0 Å². The third-order valence-corrected chi connectivity index (χ3v) is 2.78. The van der Waals surface area contributed by atoms with Crippen molar-refractivity contribution in [3.8, 4) is 16.9 Å². The van der Waals surface area contributed by atoms with Crippen LogP contribution in [0.15, 0.2) is 48.5 Å². The largest absolute Gasteiger partial charge is 0.420 e. The van der Waals surface area contributed by atoms with Crippen LogP contribution in [0.3, 0.4) is 0 Å². The number of Topliss-reactive ketones (excluding diaryl/α,β-unsaturated/α-hetero) is 1. The van der Waals surface area contributed by atoms with Crippen LogP contribution >= 0.6 is 0 Å². The molecule has 0 spiro atoms. The Labute approximate surface area is 116 Å². The highest BCUT2D eigenvalue weighted by molar-refractivity contribution is 6.34. The van der Waals surface area contributed by atoms with Crippen molar-refractivity contribution in [1.29, 1.82) is 0 Å². The minimum atomic E-state index is -0.977. The lowest BCUT2D eigenvalue weighted by molar-refractivity contribution is -0.146. The lowest BCUT2D eigenvalue weighted by Crippen LogP contribution is -2.19. The minimum Gasteiger partial charge on any atom is -0.420 e. The first kappa shape index (κ1) is 13.9. The van der Waals surface area contributed by atoms with Crippen LogP contribution in [0.25, 0.3) is 11.1 Å². The SMILES string of the molecule is CCC(=O)C(=O)Oc1cc(F)ccc1-c1ccccc1. The Morgan fingerprint density at radius 1 is 1.10 bits per heavy atom. The zero-order chi connectivity index (χ0) is 14.5. The normalized spacial score (nSPS) is 10.1. The number of rotatable bonds is 4. The maximum absolute atomic E-state index is 13.3. The van der Waals surface area contributed by atoms with Crippen LogP contribution in [0.5, 0.6) is 5.75 Å². The van der Waals surface area contributed by atoms with Crippen LogP contribution in [0.4, 0.5) is 4.39 Å². The molecule has 4 heteroatoms. The van der Waals surface area contributed by atoms with Gasteiger partial charge < -0.3 is 4.74 Å². The molecule has 20 heavy (non-hydrogen) atoms. The van der Waals surface area contributed by atoms with Gasteiger partial charge in [0, 0.05) is 18.1 Å². The number of carbonyl (C=O) groups excluding carboxylic acids is 2. The molecule has 0 N–H and O–H groups in total. The first-order chi connectivity index (χ1) is 9.61. The van der Waals surface area contributed by atoms with Crippen molar-refractivity contribution in [2.24, 2.45) is 0 Å². The molecule has 0 atom stereocenters. The van der Waals surface area contributed by atoms with Crippen molar-refractivity contribution >= 4 is 11.8 Å². The first-order valence-corrected chi connectivity index (χ1v) is 6.21. The summed E-state index contributed by atoms with van der Waals surface area (Å²) in [4.78, 5) is 22.8. The average Bonchev–Trinajstić information content (AvgIpc) is 2.47. The van der Waals surface area contributed by atoms with Crippen LogP contribution in [0.1, 0.15) is 13.3 Å². The van der Waals surface area contributed by atoms with Gasteiger partial charge in [-0.15, -0.1) is 0 Å². The molecule has 0 saturated heterocycles. The Morgan fingerprint density at radius 3 is 2.45 bits per heavy atom. The zero-order valence-corrected chi connectivity index (χ0v) is 10.9. The highest BCUT2D eigenvalue weighted by Gasteiger charge is 2.17. The third kappa shape index (κ3) is 3.09. The zero-order valence-electron chi connectivity index (χ0n) is 10.9. The molecule has 102 valence electrons. The Kier molecular flexibility index (Phi) is 4.25. The Hall–Kier alpha value is -2.49. The summed E-state index contributed by atoms with van der Waals surface area (Å²) in [5.41, 5.74) is 1.34. The predicted molar refractivity (Wildman–Crippen MR) is 72.8 cm³/mol. The molecule has 0 saturated carbocycles. The molecule has 0 aliphatic heterocycles. The van der Waals surface area contributed by atoms with E-state index in [2.05, 4.69) is 0 Å². The number of carbonyl (C=O) groups is 2. The molecule has 2 aromatic rings. The molecule has 0 bridgehead atoms. The van der Waals surface area contributed by atoms with Crippen molar-refractivity contribution < 1.29 is 18.7 Å². The van der Waals surface area contributed by atoms with Crippen molar-refractivity contribution in [1.82, 2.24) is 0 Å². The standard InChI is InChI=1S/C16H13FO3/c1-2-14(18)16(19)20-15-10-12(17)8-9-13(15)11-6-4-3-5-7-11/h3-10H,2H2,1H3. The van der Waals surface area contributed by atoms with E-state index < -0.39 is 17.6 Å². The summed E-state index contributed by atoms with van der Waals surface area (Å²) in [5, 5.41) is 0. The van der Waals surface area contributed by atoms with E-state index in [9.17, 15) is 14.0 Å². The lowest BCUT2D eigenvalue weighted by atomic mass is 10.0. The molecule has 0 unspecified atom stereocenters. The van der Waals surface area contributed by atoms with Crippen LogP contribution in [-0.4, -0.2) is 11.8 Å². The van der Waals surface area contributed by atoms with Gasteiger partial charge in [-0.25, -0.2) is 9.18 Å². The summed E-state index contributed by atoms with van der Waals surface area (Å²) in [6, 6.07) is 13.0. The second-order valence-corrected chi connectivity index (χ2v) is 4.17. The van der Waals surface area contributed by atoms with Gasteiger partial charge in [0.1, 0.15) is 11.6 Å². The first-order valence-electron chi connectivity index (χ1n) is 6.21. The van der Waals surface area contributed by atoms with Gasteiger partial charge in [-0.05, 0) is 17.7 Å². The van der Waals surface area contributed by atoms with Gasteiger partial charge in [0.25, 0.3) is 0 Å². The predicted octanol–water partition coefficient (Wildman–Crippen LogP) is 3.38. The molecule has 2 aromatic carbocycles. The van der Waals surface area contributed by atoms with Crippen LogP contribution in [0, 0.1) is 5.82 Å². The van der Waals surface area contributed by atoms with E-state index in [-0.39, 0.29) is 12.2 Å². The number of hydrogen-bond acceptors (Lipinski definition) is 3. The lowest BCUT2D eigenvalue weighted by Gasteiger charge is -2.09. The van der Waals surface area contributed by atoms with E-state index in [4.69, 9.17) is 4.74 Å². The van der Waals surface area contributed by atoms with Gasteiger partial charge in [0.05, 0.1) is 0 Å². The fraction of sp³-hybridized carbons (Fsp3) is 0.125. The summed E-state index contributed by atoms with van der Waals surface area (Å²) in [6.45, 7) is 1.56. The molecule has 3 nitrogen and oxygen atoms in total. The van der Waals surface area contributed by atoms with E-state index in [0.717, 1.165) is 11.6 Å². The number of esters is 1. The molecule has 0 aliphatic carbocycles. The molecule has 2 rings (SSSR count). The van der Waals surface area contributed by atoms with Gasteiger partial charge >= 0.3 is 5.97 Å². The summed E-state index contributed by atoms with van der Waals surface area (Å²) < 4.78 is 18.3. The summed E-state index contributed by atoms with van der Waals surface area (Å²) in [5.74, 6) is -2.11. The van der Waals surface area contributed by atoms with Crippen LogP contribution < -0.4 is 4.74 Å². The minimum absolute atomic E-state index is 0.0444.